The van der Waals surface area contributed by atoms with Crippen molar-refractivity contribution in [1.82, 2.24) is 4.98 Å². The lowest BCUT2D eigenvalue weighted by molar-refractivity contribution is 0.502. The number of fused-ring (bicyclic) bond motifs is 1. The van der Waals surface area contributed by atoms with Crippen LogP contribution in [0.25, 0.3) is 11.1 Å². The number of hydrogen-bond acceptors (Lipinski definition) is 3. The fourth-order valence-corrected chi connectivity index (χ4v) is 2.25. The quantitative estimate of drug-likeness (QED) is 0.790. The maximum absolute atomic E-state index is 6.16. The monoisotopic (exact) mass is 272 g/mol. The largest absolute Gasteiger partial charge is 0.441 e. The molecule has 0 fully saturated rings. The van der Waals surface area contributed by atoms with E-state index in [1.165, 1.54) is 0 Å². The number of nitrogens with two attached hydrogens (primary N) is 1. The van der Waals surface area contributed by atoms with Crippen LogP contribution in [-0.4, -0.2) is 4.98 Å². The number of nitrogens with zero attached hydrogens (tertiary/aromatic N) is 1. The molecule has 0 radical (unpaired) electrons. The van der Waals surface area contributed by atoms with Gasteiger partial charge < -0.3 is 10.2 Å². The highest BCUT2D eigenvalue weighted by Crippen LogP contribution is 2.21. The van der Waals surface area contributed by atoms with Crippen molar-refractivity contribution in [2.24, 2.45) is 5.73 Å². The van der Waals surface area contributed by atoms with Crippen LogP contribution >= 0.6 is 11.6 Å². The summed E-state index contributed by atoms with van der Waals surface area (Å²) in [4.78, 5) is 4.42. The number of halogens is 1. The molecule has 2 N–H and O–H groups in total. The predicted molar refractivity (Wildman–Crippen MR) is 76.1 cm³/mol. The molecule has 0 saturated carbocycles. The van der Waals surface area contributed by atoms with Gasteiger partial charge >= 0.3 is 0 Å². The number of benzene rings is 2. The molecule has 0 aliphatic heterocycles. The van der Waals surface area contributed by atoms with Crippen molar-refractivity contribution in [3.63, 3.8) is 0 Å². The van der Waals surface area contributed by atoms with Crippen LogP contribution in [0.2, 0.25) is 5.02 Å². The van der Waals surface area contributed by atoms with E-state index in [1.807, 2.05) is 48.5 Å². The van der Waals surface area contributed by atoms with E-state index in [9.17, 15) is 0 Å². The van der Waals surface area contributed by atoms with Gasteiger partial charge in [-0.1, -0.05) is 35.9 Å². The summed E-state index contributed by atoms with van der Waals surface area (Å²) in [6, 6.07) is 15.1. The first-order chi connectivity index (χ1) is 9.22. The van der Waals surface area contributed by atoms with Gasteiger partial charge in [-0.2, -0.15) is 0 Å². The van der Waals surface area contributed by atoms with Crippen molar-refractivity contribution in [2.45, 2.75) is 12.5 Å². The third-order valence-electron chi connectivity index (χ3n) is 3.01. The van der Waals surface area contributed by atoms with Gasteiger partial charge in [-0.3, -0.25) is 0 Å². The average molecular weight is 273 g/mol. The predicted octanol–water partition coefficient (Wildman–Crippen LogP) is 3.72. The zero-order valence-corrected chi connectivity index (χ0v) is 11.0. The van der Waals surface area contributed by atoms with Gasteiger partial charge in [0.1, 0.15) is 5.52 Å². The molecule has 1 unspecified atom stereocenters. The summed E-state index contributed by atoms with van der Waals surface area (Å²) in [6.07, 6.45) is 0.551. The maximum atomic E-state index is 6.16. The van der Waals surface area contributed by atoms with Crippen LogP contribution in [0.3, 0.4) is 0 Å². The summed E-state index contributed by atoms with van der Waals surface area (Å²) in [5.74, 6) is 0.647. The molecule has 0 bridgehead atoms. The highest BCUT2D eigenvalue weighted by molar-refractivity contribution is 6.30. The van der Waals surface area contributed by atoms with E-state index in [0.29, 0.717) is 17.3 Å². The van der Waals surface area contributed by atoms with Crippen LogP contribution in [0.4, 0.5) is 0 Å². The summed E-state index contributed by atoms with van der Waals surface area (Å²) in [5, 5.41) is 0.686. The molecular formula is C15H13ClN2O. The Morgan fingerprint density at radius 2 is 2.00 bits per heavy atom. The first-order valence-electron chi connectivity index (χ1n) is 6.08. The molecule has 0 aliphatic rings. The van der Waals surface area contributed by atoms with Crippen LogP contribution in [0.15, 0.2) is 52.9 Å². The molecule has 0 saturated heterocycles. The van der Waals surface area contributed by atoms with Gasteiger partial charge in [0.05, 0.1) is 0 Å². The minimum absolute atomic E-state index is 0.174. The second kappa shape index (κ2) is 5.03. The number of rotatable bonds is 3. The van der Waals surface area contributed by atoms with Gasteiger partial charge in [0.25, 0.3) is 0 Å². The number of oxazole rings is 1. The zero-order valence-electron chi connectivity index (χ0n) is 10.2. The van der Waals surface area contributed by atoms with Crippen molar-refractivity contribution in [3.8, 4) is 0 Å². The standard InChI is InChI=1S/C15H13ClN2O/c16-11-5-3-4-10(8-11)12(17)9-15-18-13-6-1-2-7-14(13)19-15/h1-8,12H,9,17H2. The van der Waals surface area contributed by atoms with Crippen molar-refractivity contribution < 1.29 is 4.42 Å². The number of para-hydroxylation sites is 2. The van der Waals surface area contributed by atoms with Crippen LogP contribution < -0.4 is 5.73 Å². The Kier molecular flexibility index (Phi) is 3.23. The summed E-state index contributed by atoms with van der Waals surface area (Å²) < 4.78 is 5.67. The molecule has 4 heteroatoms. The van der Waals surface area contributed by atoms with Crippen molar-refractivity contribution in [3.05, 3.63) is 65.0 Å². The van der Waals surface area contributed by atoms with Gasteiger partial charge in [0.15, 0.2) is 11.5 Å². The smallest absolute Gasteiger partial charge is 0.197 e. The highest BCUT2D eigenvalue weighted by Gasteiger charge is 2.12. The molecule has 0 amide bonds. The molecule has 96 valence electrons. The van der Waals surface area contributed by atoms with E-state index in [2.05, 4.69) is 4.98 Å². The molecule has 3 aromatic rings. The molecule has 0 aliphatic carbocycles. The molecule has 3 nitrogen and oxygen atoms in total. The Labute approximate surface area is 116 Å². The van der Waals surface area contributed by atoms with E-state index in [1.54, 1.807) is 0 Å². The lowest BCUT2D eigenvalue weighted by atomic mass is 10.1. The van der Waals surface area contributed by atoms with Gasteiger partial charge in [0.2, 0.25) is 0 Å². The number of hydrogen-bond donors (Lipinski definition) is 1. The van der Waals surface area contributed by atoms with Crippen molar-refractivity contribution >= 4 is 22.7 Å². The molecule has 2 aromatic carbocycles. The molecule has 3 rings (SSSR count). The first-order valence-corrected chi connectivity index (χ1v) is 6.45. The topological polar surface area (TPSA) is 52.0 Å². The first kappa shape index (κ1) is 12.2. The molecule has 19 heavy (non-hydrogen) atoms. The Bertz CT molecular complexity index is 675. The summed E-state index contributed by atoms with van der Waals surface area (Å²) in [6.45, 7) is 0. The summed E-state index contributed by atoms with van der Waals surface area (Å²) in [7, 11) is 0. The summed E-state index contributed by atoms with van der Waals surface area (Å²) in [5.41, 5.74) is 8.79. The fourth-order valence-electron chi connectivity index (χ4n) is 2.05. The normalized spacial score (nSPS) is 12.7. The second-order valence-electron chi connectivity index (χ2n) is 4.44. The van der Waals surface area contributed by atoms with Crippen molar-refractivity contribution in [1.29, 1.82) is 0 Å². The molecule has 0 spiro atoms. The van der Waals surface area contributed by atoms with E-state index >= 15 is 0 Å². The second-order valence-corrected chi connectivity index (χ2v) is 4.88. The van der Waals surface area contributed by atoms with Crippen molar-refractivity contribution in [2.75, 3.05) is 0 Å². The number of aromatic nitrogens is 1. The van der Waals surface area contributed by atoms with E-state index in [-0.39, 0.29) is 6.04 Å². The van der Waals surface area contributed by atoms with Crippen LogP contribution in [0.5, 0.6) is 0 Å². The lowest BCUT2D eigenvalue weighted by Gasteiger charge is -2.09. The minimum atomic E-state index is -0.174. The third kappa shape index (κ3) is 2.62. The van der Waals surface area contributed by atoms with E-state index < -0.39 is 0 Å². The third-order valence-corrected chi connectivity index (χ3v) is 3.24. The Morgan fingerprint density at radius 3 is 2.79 bits per heavy atom. The molecule has 1 aromatic heterocycles. The van der Waals surface area contributed by atoms with E-state index in [4.69, 9.17) is 21.8 Å². The Hall–Kier alpha value is -1.84. The van der Waals surface area contributed by atoms with Gasteiger partial charge in [0, 0.05) is 17.5 Å². The Balaban J connectivity index is 1.84. The maximum Gasteiger partial charge on any atom is 0.197 e. The molecular weight excluding hydrogens is 260 g/mol. The molecule has 1 heterocycles. The Morgan fingerprint density at radius 1 is 1.16 bits per heavy atom. The lowest BCUT2D eigenvalue weighted by Crippen LogP contribution is -2.13. The highest BCUT2D eigenvalue weighted by atomic mass is 35.5. The zero-order chi connectivity index (χ0) is 13.2. The van der Waals surface area contributed by atoms with Gasteiger partial charge in [-0.05, 0) is 29.8 Å². The fraction of sp³-hybridized carbons (Fsp3) is 0.133. The average Bonchev–Trinajstić information content (AvgIpc) is 2.80. The van der Waals surface area contributed by atoms with Gasteiger partial charge in [-0.15, -0.1) is 0 Å². The van der Waals surface area contributed by atoms with Crippen LogP contribution in [-0.2, 0) is 6.42 Å². The summed E-state index contributed by atoms with van der Waals surface area (Å²) >= 11 is 5.96. The minimum Gasteiger partial charge on any atom is -0.441 e. The van der Waals surface area contributed by atoms with Gasteiger partial charge in [-0.25, -0.2) is 4.98 Å². The molecule has 1 atom stereocenters. The van der Waals surface area contributed by atoms with Crippen LogP contribution in [0, 0.1) is 0 Å². The van der Waals surface area contributed by atoms with E-state index in [0.717, 1.165) is 16.7 Å². The SMILES string of the molecule is NC(Cc1nc2ccccc2o1)c1cccc(Cl)c1. The van der Waals surface area contributed by atoms with Crippen LogP contribution in [0.1, 0.15) is 17.5 Å².